The van der Waals surface area contributed by atoms with E-state index >= 15 is 0 Å². The van der Waals surface area contributed by atoms with E-state index in [4.69, 9.17) is 0 Å². The van der Waals surface area contributed by atoms with E-state index in [1.165, 1.54) is 12.1 Å². The molecule has 7 nitrogen and oxygen atoms in total. The van der Waals surface area contributed by atoms with Gasteiger partial charge in [-0.15, -0.1) is 0 Å². The molecule has 0 aliphatic rings. The van der Waals surface area contributed by atoms with E-state index in [0.29, 0.717) is 12.2 Å². The molecule has 1 amide bonds. The average Bonchev–Trinajstić information content (AvgIpc) is 3.16. The normalized spacial score (nSPS) is 11.2. The fourth-order valence-electron chi connectivity index (χ4n) is 3.58. The van der Waals surface area contributed by atoms with Crippen LogP contribution in [0, 0.1) is 28.4 Å². The predicted molar refractivity (Wildman–Crippen MR) is 128 cm³/mol. The summed E-state index contributed by atoms with van der Waals surface area (Å²) in [5, 5.41) is 24.2. The van der Waals surface area contributed by atoms with Crippen molar-refractivity contribution in [2.24, 2.45) is 0 Å². The second-order valence-corrected chi connectivity index (χ2v) is 7.64. The van der Waals surface area contributed by atoms with Crippen LogP contribution in [0.5, 0.6) is 0 Å². The number of aromatic nitrogens is 1. The van der Waals surface area contributed by atoms with Crippen molar-refractivity contribution in [1.29, 1.82) is 5.26 Å². The Hall–Kier alpha value is -4.70. The van der Waals surface area contributed by atoms with E-state index in [2.05, 4.69) is 5.32 Å². The van der Waals surface area contributed by atoms with E-state index in [9.17, 15) is 20.2 Å². The standard InChI is InChI=1S/C26H20N4O3/c1-18-6-10-22(11-7-18)28-26(31)20(15-27)14-21-17-29(25-5-3-2-4-24(21)25)16-19-8-12-23(13-9-19)30(32)33/h2-14,17H,16H2,1H3,(H,28,31)/b20-14-. The van der Waals surface area contributed by atoms with Crippen LogP contribution < -0.4 is 5.32 Å². The number of hydrogen-bond donors (Lipinski definition) is 1. The molecule has 4 rings (SSSR count). The van der Waals surface area contributed by atoms with Gasteiger partial charge in [0.25, 0.3) is 11.6 Å². The lowest BCUT2D eigenvalue weighted by Crippen LogP contribution is -2.13. The number of carbonyl (C=O) groups is 1. The molecule has 0 saturated carbocycles. The number of para-hydroxylation sites is 1. The van der Waals surface area contributed by atoms with Crippen LogP contribution in [0.3, 0.4) is 0 Å². The maximum Gasteiger partial charge on any atom is 0.269 e. The molecule has 1 heterocycles. The zero-order valence-electron chi connectivity index (χ0n) is 17.9. The Morgan fingerprint density at radius 1 is 1.09 bits per heavy atom. The molecule has 4 aromatic rings. The highest BCUT2D eigenvalue weighted by Gasteiger charge is 2.13. The largest absolute Gasteiger partial charge is 0.342 e. The van der Waals surface area contributed by atoms with Gasteiger partial charge >= 0.3 is 0 Å². The van der Waals surface area contributed by atoms with Crippen molar-refractivity contribution in [1.82, 2.24) is 4.57 Å². The van der Waals surface area contributed by atoms with Crippen LogP contribution >= 0.6 is 0 Å². The quantitative estimate of drug-likeness (QED) is 0.188. The molecule has 1 aromatic heterocycles. The minimum absolute atomic E-state index is 0.00573. The number of amides is 1. The minimum atomic E-state index is -0.478. The number of carbonyl (C=O) groups excluding carboxylic acids is 1. The van der Waals surface area contributed by atoms with Crippen LogP contribution in [-0.4, -0.2) is 15.4 Å². The number of nitriles is 1. The topological polar surface area (TPSA) is 101 Å². The second kappa shape index (κ2) is 9.20. The Kier molecular flexibility index (Phi) is 6.00. The zero-order valence-corrected chi connectivity index (χ0v) is 17.9. The van der Waals surface area contributed by atoms with Crippen molar-refractivity contribution in [2.75, 3.05) is 5.32 Å². The molecule has 0 aliphatic carbocycles. The molecule has 3 aromatic carbocycles. The molecule has 0 atom stereocenters. The molecule has 0 radical (unpaired) electrons. The first-order valence-corrected chi connectivity index (χ1v) is 10.3. The van der Waals surface area contributed by atoms with Crippen LogP contribution in [0.1, 0.15) is 16.7 Å². The molecule has 0 saturated heterocycles. The Balaban J connectivity index is 1.65. The third kappa shape index (κ3) is 4.81. The summed E-state index contributed by atoms with van der Waals surface area (Å²) in [4.78, 5) is 23.2. The summed E-state index contributed by atoms with van der Waals surface area (Å²) in [5.41, 5.74) is 4.29. The molecule has 33 heavy (non-hydrogen) atoms. The monoisotopic (exact) mass is 436 g/mol. The number of benzene rings is 3. The van der Waals surface area contributed by atoms with Crippen molar-refractivity contribution in [3.63, 3.8) is 0 Å². The lowest BCUT2D eigenvalue weighted by Gasteiger charge is -2.05. The molecular weight excluding hydrogens is 416 g/mol. The average molecular weight is 436 g/mol. The van der Waals surface area contributed by atoms with Crippen LogP contribution in [0.2, 0.25) is 0 Å². The summed E-state index contributed by atoms with van der Waals surface area (Å²) in [6.45, 7) is 2.45. The van der Waals surface area contributed by atoms with Crippen LogP contribution in [0.15, 0.2) is 84.6 Å². The Labute approximate surface area is 190 Å². The van der Waals surface area contributed by atoms with Gasteiger partial charge in [0.1, 0.15) is 11.6 Å². The Morgan fingerprint density at radius 2 is 1.79 bits per heavy atom. The van der Waals surface area contributed by atoms with Crippen molar-refractivity contribution < 1.29 is 9.72 Å². The number of nitrogens with one attached hydrogen (secondary N) is 1. The molecule has 0 aliphatic heterocycles. The van der Waals surface area contributed by atoms with E-state index in [0.717, 1.165) is 27.6 Å². The van der Waals surface area contributed by atoms with Gasteiger partial charge in [-0.2, -0.15) is 5.26 Å². The number of nitro benzene ring substituents is 1. The van der Waals surface area contributed by atoms with Crippen molar-refractivity contribution in [3.8, 4) is 6.07 Å². The Bertz CT molecular complexity index is 1410. The first-order valence-electron chi connectivity index (χ1n) is 10.3. The molecule has 0 unspecified atom stereocenters. The highest BCUT2D eigenvalue weighted by Crippen LogP contribution is 2.25. The van der Waals surface area contributed by atoms with Gasteiger partial charge < -0.3 is 9.88 Å². The minimum Gasteiger partial charge on any atom is -0.342 e. The molecular formula is C26H20N4O3. The van der Waals surface area contributed by atoms with E-state index < -0.39 is 10.8 Å². The predicted octanol–water partition coefficient (Wildman–Crippen LogP) is 5.45. The zero-order chi connectivity index (χ0) is 23.4. The van der Waals surface area contributed by atoms with Gasteiger partial charge in [-0.3, -0.25) is 14.9 Å². The Morgan fingerprint density at radius 3 is 2.45 bits per heavy atom. The first kappa shape index (κ1) is 21.5. The maximum atomic E-state index is 12.7. The number of hydrogen-bond acceptors (Lipinski definition) is 4. The number of nitro groups is 1. The number of non-ortho nitro benzene ring substituents is 1. The smallest absolute Gasteiger partial charge is 0.269 e. The summed E-state index contributed by atoms with van der Waals surface area (Å²) in [5.74, 6) is -0.478. The molecule has 1 N–H and O–H groups in total. The number of fused-ring (bicyclic) bond motifs is 1. The van der Waals surface area contributed by atoms with Crippen LogP contribution in [0.4, 0.5) is 11.4 Å². The number of rotatable bonds is 6. The SMILES string of the molecule is Cc1ccc(NC(=O)/C(C#N)=C\c2cn(Cc3ccc([N+](=O)[O-])cc3)c3ccccc23)cc1. The van der Waals surface area contributed by atoms with Crippen molar-refractivity contribution in [2.45, 2.75) is 13.5 Å². The second-order valence-electron chi connectivity index (χ2n) is 7.64. The van der Waals surface area contributed by atoms with E-state index in [1.807, 2.05) is 60.2 Å². The molecule has 0 bridgehead atoms. The van der Waals surface area contributed by atoms with Gasteiger partial charge in [-0.1, -0.05) is 48.0 Å². The number of anilines is 1. The summed E-state index contributed by atoms with van der Waals surface area (Å²) < 4.78 is 2.00. The molecule has 0 fully saturated rings. The van der Waals surface area contributed by atoms with Gasteiger partial charge in [0.05, 0.1) is 4.92 Å². The van der Waals surface area contributed by atoms with Crippen molar-refractivity contribution >= 4 is 34.3 Å². The molecule has 162 valence electrons. The van der Waals surface area contributed by atoms with Gasteiger partial charge in [-0.05, 0) is 36.8 Å². The van der Waals surface area contributed by atoms with Gasteiger partial charge in [0.2, 0.25) is 0 Å². The van der Waals surface area contributed by atoms with Gasteiger partial charge in [-0.25, -0.2) is 0 Å². The highest BCUT2D eigenvalue weighted by molar-refractivity contribution is 6.10. The molecule has 7 heteroatoms. The number of aryl methyl sites for hydroxylation is 1. The van der Waals surface area contributed by atoms with Crippen LogP contribution in [0.25, 0.3) is 17.0 Å². The summed E-state index contributed by atoms with van der Waals surface area (Å²) in [6.07, 6.45) is 3.46. The lowest BCUT2D eigenvalue weighted by atomic mass is 10.1. The number of nitrogens with zero attached hydrogens (tertiary/aromatic N) is 3. The van der Waals surface area contributed by atoms with Crippen LogP contribution in [-0.2, 0) is 11.3 Å². The maximum absolute atomic E-state index is 12.7. The van der Waals surface area contributed by atoms with Gasteiger partial charge in [0.15, 0.2) is 0 Å². The van der Waals surface area contributed by atoms with Crippen molar-refractivity contribution in [3.05, 3.63) is 111 Å². The third-order valence-corrected chi connectivity index (χ3v) is 5.29. The third-order valence-electron chi connectivity index (χ3n) is 5.29. The summed E-state index contributed by atoms with van der Waals surface area (Å²) >= 11 is 0. The van der Waals surface area contributed by atoms with Gasteiger partial charge in [0, 0.05) is 47.0 Å². The van der Waals surface area contributed by atoms with E-state index in [-0.39, 0.29) is 11.3 Å². The van der Waals surface area contributed by atoms with E-state index in [1.54, 1.807) is 30.3 Å². The molecule has 0 spiro atoms. The summed E-state index contributed by atoms with van der Waals surface area (Å²) in [6, 6.07) is 23.4. The highest BCUT2D eigenvalue weighted by atomic mass is 16.6. The summed E-state index contributed by atoms with van der Waals surface area (Å²) in [7, 11) is 0. The lowest BCUT2D eigenvalue weighted by molar-refractivity contribution is -0.384. The fraction of sp³-hybridized carbons (Fsp3) is 0.0769. The fourth-order valence-corrected chi connectivity index (χ4v) is 3.58. The first-order chi connectivity index (χ1) is 15.9.